The van der Waals surface area contributed by atoms with E-state index in [-0.39, 0.29) is 5.91 Å². The second kappa shape index (κ2) is 7.99. The maximum atomic E-state index is 12.9. The minimum Gasteiger partial charge on any atom is -0.364 e. The molecular weight excluding hydrogens is 336 g/mol. The molecule has 0 saturated heterocycles. The molecule has 0 spiro atoms. The Morgan fingerprint density at radius 1 is 0.963 bits per heavy atom. The Morgan fingerprint density at radius 3 is 2.70 bits per heavy atom. The molecule has 3 aromatic rings. The van der Waals surface area contributed by atoms with Gasteiger partial charge in [-0.3, -0.25) is 9.78 Å². The van der Waals surface area contributed by atoms with Gasteiger partial charge in [-0.25, -0.2) is 4.98 Å². The Balaban J connectivity index is 1.52. The SMILES string of the molecule is O=C(Nc1cccnc1NCc1ccncc1)c1cccc2c1CCCC2. The zero-order valence-electron chi connectivity index (χ0n) is 15.1. The van der Waals surface area contributed by atoms with Gasteiger partial charge in [-0.15, -0.1) is 0 Å². The largest absolute Gasteiger partial charge is 0.364 e. The Bertz CT molecular complexity index is 940. The van der Waals surface area contributed by atoms with Gasteiger partial charge in [0.25, 0.3) is 5.91 Å². The van der Waals surface area contributed by atoms with Gasteiger partial charge in [0.1, 0.15) is 5.82 Å². The van der Waals surface area contributed by atoms with E-state index in [2.05, 4.69) is 26.7 Å². The van der Waals surface area contributed by atoms with E-state index in [0.717, 1.165) is 30.4 Å². The first-order valence-corrected chi connectivity index (χ1v) is 9.31. The minimum atomic E-state index is -0.0753. The van der Waals surface area contributed by atoms with Crippen LogP contribution in [0.5, 0.6) is 0 Å². The molecule has 136 valence electrons. The van der Waals surface area contributed by atoms with Crippen molar-refractivity contribution >= 4 is 17.4 Å². The number of carbonyl (C=O) groups is 1. The molecule has 5 nitrogen and oxygen atoms in total. The molecule has 0 aliphatic heterocycles. The second-order valence-electron chi connectivity index (χ2n) is 6.71. The predicted molar refractivity (Wildman–Crippen MR) is 107 cm³/mol. The third-order valence-electron chi connectivity index (χ3n) is 4.91. The normalized spacial score (nSPS) is 12.9. The highest BCUT2D eigenvalue weighted by atomic mass is 16.1. The number of aryl methyl sites for hydroxylation is 1. The molecule has 0 bridgehead atoms. The molecule has 5 heteroatoms. The molecule has 1 aliphatic carbocycles. The van der Waals surface area contributed by atoms with E-state index in [0.29, 0.717) is 18.1 Å². The lowest BCUT2D eigenvalue weighted by Gasteiger charge is -2.19. The molecule has 0 fully saturated rings. The molecule has 4 rings (SSSR count). The smallest absolute Gasteiger partial charge is 0.256 e. The minimum absolute atomic E-state index is 0.0753. The number of nitrogens with zero attached hydrogens (tertiary/aromatic N) is 2. The first kappa shape index (κ1) is 17.2. The molecule has 2 heterocycles. The zero-order valence-corrected chi connectivity index (χ0v) is 15.1. The van der Waals surface area contributed by atoms with Crippen molar-refractivity contribution in [3.63, 3.8) is 0 Å². The van der Waals surface area contributed by atoms with Crippen LogP contribution in [0.2, 0.25) is 0 Å². The standard InChI is InChI=1S/C22H22N4O/c27-22(19-8-3-6-17-5-1-2-7-18(17)19)26-20-9-4-12-24-21(20)25-15-16-10-13-23-14-11-16/h3-4,6,8-14H,1-2,5,7,15H2,(H,24,25)(H,26,27). The highest BCUT2D eigenvalue weighted by Gasteiger charge is 2.18. The molecule has 1 amide bonds. The van der Waals surface area contributed by atoms with E-state index < -0.39 is 0 Å². The molecule has 1 aliphatic rings. The van der Waals surface area contributed by atoms with Crippen molar-refractivity contribution in [3.05, 3.63) is 83.3 Å². The summed E-state index contributed by atoms with van der Waals surface area (Å²) >= 11 is 0. The number of hydrogen-bond donors (Lipinski definition) is 2. The number of rotatable bonds is 5. The van der Waals surface area contributed by atoms with Crippen LogP contribution in [0.3, 0.4) is 0 Å². The predicted octanol–water partition coefficient (Wildman–Crippen LogP) is 4.22. The van der Waals surface area contributed by atoms with Gasteiger partial charge in [-0.2, -0.15) is 0 Å². The van der Waals surface area contributed by atoms with Crippen molar-refractivity contribution in [2.24, 2.45) is 0 Å². The van der Waals surface area contributed by atoms with Crippen LogP contribution >= 0.6 is 0 Å². The van der Waals surface area contributed by atoms with E-state index in [4.69, 9.17) is 0 Å². The summed E-state index contributed by atoms with van der Waals surface area (Å²) in [6.07, 6.45) is 9.61. The van der Waals surface area contributed by atoms with Gasteiger partial charge >= 0.3 is 0 Å². The van der Waals surface area contributed by atoms with E-state index >= 15 is 0 Å². The average Bonchev–Trinajstić information content (AvgIpc) is 2.73. The highest BCUT2D eigenvalue weighted by Crippen LogP contribution is 2.26. The van der Waals surface area contributed by atoms with Crippen LogP contribution in [-0.2, 0) is 19.4 Å². The van der Waals surface area contributed by atoms with Crippen LogP contribution in [0.25, 0.3) is 0 Å². The van der Waals surface area contributed by atoms with Gasteiger partial charge in [0, 0.05) is 30.7 Å². The summed E-state index contributed by atoms with van der Waals surface area (Å²) in [6, 6.07) is 13.6. The van der Waals surface area contributed by atoms with Crippen molar-refractivity contribution in [2.45, 2.75) is 32.2 Å². The molecule has 0 radical (unpaired) electrons. The van der Waals surface area contributed by atoms with Crippen molar-refractivity contribution < 1.29 is 4.79 Å². The van der Waals surface area contributed by atoms with E-state index in [1.54, 1.807) is 18.6 Å². The summed E-state index contributed by atoms with van der Waals surface area (Å²) in [5, 5.41) is 6.33. The summed E-state index contributed by atoms with van der Waals surface area (Å²) in [6.45, 7) is 0.614. The maximum absolute atomic E-state index is 12.9. The molecule has 0 atom stereocenters. The second-order valence-corrected chi connectivity index (χ2v) is 6.71. The number of fused-ring (bicyclic) bond motifs is 1. The quantitative estimate of drug-likeness (QED) is 0.717. The van der Waals surface area contributed by atoms with E-state index in [9.17, 15) is 4.79 Å². The lowest BCUT2D eigenvalue weighted by Crippen LogP contribution is -2.18. The number of carbonyl (C=O) groups excluding carboxylic acids is 1. The van der Waals surface area contributed by atoms with Crippen molar-refractivity contribution in [3.8, 4) is 0 Å². The van der Waals surface area contributed by atoms with Crippen molar-refractivity contribution in [1.29, 1.82) is 0 Å². The van der Waals surface area contributed by atoms with Crippen molar-refractivity contribution in [2.75, 3.05) is 10.6 Å². The van der Waals surface area contributed by atoms with Crippen LogP contribution in [0.1, 0.15) is 39.9 Å². The van der Waals surface area contributed by atoms with Gasteiger partial charge in [0.15, 0.2) is 0 Å². The fraction of sp³-hybridized carbons (Fsp3) is 0.227. The number of hydrogen-bond acceptors (Lipinski definition) is 4. The van der Waals surface area contributed by atoms with Gasteiger partial charge in [-0.1, -0.05) is 12.1 Å². The lowest BCUT2D eigenvalue weighted by molar-refractivity contribution is 0.102. The number of benzene rings is 1. The summed E-state index contributed by atoms with van der Waals surface area (Å²) in [5.41, 5.74) is 5.05. The lowest BCUT2D eigenvalue weighted by atomic mass is 9.88. The van der Waals surface area contributed by atoms with Crippen molar-refractivity contribution in [1.82, 2.24) is 9.97 Å². The zero-order chi connectivity index (χ0) is 18.5. The van der Waals surface area contributed by atoms with Gasteiger partial charge < -0.3 is 10.6 Å². The number of anilines is 2. The molecule has 27 heavy (non-hydrogen) atoms. The summed E-state index contributed by atoms with van der Waals surface area (Å²) in [7, 11) is 0. The molecular formula is C22H22N4O. The number of aromatic nitrogens is 2. The first-order chi connectivity index (χ1) is 13.3. The van der Waals surface area contributed by atoms with Gasteiger partial charge in [0.05, 0.1) is 5.69 Å². The van der Waals surface area contributed by atoms with Crippen LogP contribution in [0.4, 0.5) is 11.5 Å². The maximum Gasteiger partial charge on any atom is 0.256 e. The van der Waals surface area contributed by atoms with Crippen LogP contribution in [0.15, 0.2) is 61.1 Å². The Labute approximate surface area is 158 Å². The molecule has 2 N–H and O–H groups in total. The Morgan fingerprint density at radius 2 is 1.81 bits per heavy atom. The third-order valence-corrected chi connectivity index (χ3v) is 4.91. The monoisotopic (exact) mass is 358 g/mol. The highest BCUT2D eigenvalue weighted by molar-refractivity contribution is 6.06. The number of amides is 1. The summed E-state index contributed by atoms with van der Waals surface area (Å²) in [5.74, 6) is 0.584. The van der Waals surface area contributed by atoms with Crippen LogP contribution < -0.4 is 10.6 Å². The fourth-order valence-electron chi connectivity index (χ4n) is 3.52. The third kappa shape index (κ3) is 3.97. The number of nitrogens with one attached hydrogen (secondary N) is 2. The average molecular weight is 358 g/mol. The topological polar surface area (TPSA) is 66.9 Å². The van der Waals surface area contributed by atoms with E-state index in [1.807, 2.05) is 36.4 Å². The molecule has 0 unspecified atom stereocenters. The number of pyridine rings is 2. The fourth-order valence-corrected chi connectivity index (χ4v) is 3.52. The van der Waals surface area contributed by atoms with Gasteiger partial charge in [-0.05, 0) is 72.7 Å². The summed E-state index contributed by atoms with van der Waals surface area (Å²) in [4.78, 5) is 21.3. The van der Waals surface area contributed by atoms with Crippen LogP contribution in [0, 0.1) is 0 Å². The summed E-state index contributed by atoms with van der Waals surface area (Å²) < 4.78 is 0. The molecule has 0 saturated carbocycles. The molecule has 1 aromatic carbocycles. The van der Waals surface area contributed by atoms with Gasteiger partial charge in [0.2, 0.25) is 0 Å². The van der Waals surface area contributed by atoms with Crippen LogP contribution in [-0.4, -0.2) is 15.9 Å². The molecule has 2 aromatic heterocycles. The Hall–Kier alpha value is -3.21. The van der Waals surface area contributed by atoms with E-state index in [1.165, 1.54) is 17.5 Å². The first-order valence-electron chi connectivity index (χ1n) is 9.31. The Kier molecular flexibility index (Phi) is 5.10.